The number of rotatable bonds is 2. The molecule has 2 aromatic rings. The van der Waals surface area contributed by atoms with E-state index in [1.165, 1.54) is 12.3 Å². The van der Waals surface area contributed by atoms with E-state index in [2.05, 4.69) is 10.3 Å². The number of benzene rings is 1. The Morgan fingerprint density at radius 3 is 2.14 bits per heavy atom. The fraction of sp³-hybridized carbons (Fsp3) is 0.333. The van der Waals surface area contributed by atoms with Crippen molar-refractivity contribution in [1.82, 2.24) is 15.0 Å². The molecule has 1 heterocycles. The molecule has 0 amide bonds. The van der Waals surface area contributed by atoms with E-state index in [4.69, 9.17) is 0 Å². The summed E-state index contributed by atoms with van der Waals surface area (Å²) in [5.74, 6) is 0. The minimum Gasteiger partial charge on any atom is -0.220 e. The quantitative estimate of drug-likeness (QED) is 0.708. The highest BCUT2D eigenvalue weighted by Crippen LogP contribution is 3.02. The van der Waals surface area contributed by atoms with Crippen LogP contribution in [-0.4, -0.2) is 15.0 Å². The lowest BCUT2D eigenvalue weighted by Crippen LogP contribution is -2.11. The van der Waals surface area contributed by atoms with Gasteiger partial charge in [-0.25, -0.2) is 4.68 Å². The van der Waals surface area contributed by atoms with Gasteiger partial charge in [-0.1, -0.05) is 51.5 Å². The van der Waals surface area contributed by atoms with Gasteiger partial charge in [-0.05, 0) is 18.2 Å². The Kier molecular flexibility index (Phi) is 2.82. The first-order chi connectivity index (χ1) is 9.16. The van der Waals surface area contributed by atoms with Crippen LogP contribution < -0.4 is 0 Å². The van der Waals surface area contributed by atoms with Gasteiger partial charge in [-0.15, -0.1) is 5.10 Å². The summed E-state index contributed by atoms with van der Waals surface area (Å²) < 4.78 is 65.0. The molecule has 21 heavy (non-hydrogen) atoms. The van der Waals surface area contributed by atoms with Crippen LogP contribution in [0.4, 0.5) is 19.4 Å². The molecule has 0 atom stereocenters. The Morgan fingerprint density at radius 1 is 1.05 bits per heavy atom. The third-order valence-corrected chi connectivity index (χ3v) is 3.93. The van der Waals surface area contributed by atoms with Gasteiger partial charge in [-0.3, -0.25) is 0 Å². The highest BCUT2D eigenvalue weighted by Gasteiger charge is 2.65. The SMILES string of the molecule is CC(C)(C)c1cn(-c2cccc(S(F)(F)(F)(F)F)c2)nn1. The van der Waals surface area contributed by atoms with Crippen LogP contribution >= 0.6 is 10.2 Å². The average molecular weight is 327 g/mol. The Bertz CT molecular complexity index is 685. The molecule has 1 aromatic carbocycles. The Hall–Kier alpha value is -1.64. The maximum Gasteiger partial charge on any atom is 0.310 e. The second kappa shape index (κ2) is 3.76. The van der Waals surface area contributed by atoms with Gasteiger partial charge in [0.25, 0.3) is 0 Å². The van der Waals surface area contributed by atoms with E-state index < -0.39 is 15.1 Å². The highest BCUT2D eigenvalue weighted by atomic mass is 32.5. The molecule has 2 rings (SSSR count). The lowest BCUT2D eigenvalue weighted by atomic mass is 9.93. The summed E-state index contributed by atoms with van der Waals surface area (Å²) in [6.45, 7) is 5.56. The molecule has 0 spiro atoms. The van der Waals surface area contributed by atoms with Crippen molar-refractivity contribution in [2.75, 3.05) is 0 Å². The van der Waals surface area contributed by atoms with Crippen molar-refractivity contribution in [2.24, 2.45) is 0 Å². The van der Waals surface area contributed by atoms with Gasteiger partial charge < -0.3 is 0 Å². The van der Waals surface area contributed by atoms with Gasteiger partial charge in [0, 0.05) is 5.41 Å². The summed E-state index contributed by atoms with van der Waals surface area (Å²) >= 11 is 0. The molecular weight excluding hydrogens is 313 g/mol. The molecule has 0 saturated carbocycles. The number of nitrogens with zero attached hydrogens (tertiary/aromatic N) is 3. The second-order valence-corrected chi connectivity index (χ2v) is 8.17. The van der Waals surface area contributed by atoms with Crippen molar-refractivity contribution in [3.8, 4) is 5.69 Å². The average Bonchev–Trinajstić information content (AvgIpc) is 2.75. The minimum absolute atomic E-state index is 0.122. The second-order valence-electron chi connectivity index (χ2n) is 5.76. The maximum atomic E-state index is 12.8. The number of hydrogen-bond acceptors (Lipinski definition) is 2. The first kappa shape index (κ1) is 15.7. The van der Waals surface area contributed by atoms with Gasteiger partial charge >= 0.3 is 10.2 Å². The van der Waals surface area contributed by atoms with Gasteiger partial charge in [0.2, 0.25) is 0 Å². The molecule has 0 aliphatic carbocycles. The van der Waals surface area contributed by atoms with Crippen molar-refractivity contribution >= 4 is 10.2 Å². The first-order valence-corrected chi connectivity index (χ1v) is 7.89. The van der Waals surface area contributed by atoms with Crippen molar-refractivity contribution in [3.05, 3.63) is 36.2 Å². The summed E-state index contributed by atoms with van der Waals surface area (Å²) in [4.78, 5) is -1.94. The maximum absolute atomic E-state index is 12.8. The predicted molar refractivity (Wildman–Crippen MR) is 71.5 cm³/mol. The molecule has 0 saturated heterocycles. The van der Waals surface area contributed by atoms with E-state index in [1.807, 2.05) is 20.8 Å². The predicted octanol–water partition coefficient (Wildman–Crippen LogP) is 5.22. The minimum atomic E-state index is -9.70. The van der Waals surface area contributed by atoms with Crippen molar-refractivity contribution < 1.29 is 19.4 Å². The Labute approximate surface area is 118 Å². The van der Waals surface area contributed by atoms with Crippen LogP contribution in [0, 0.1) is 0 Å². The highest BCUT2D eigenvalue weighted by molar-refractivity contribution is 8.45. The summed E-state index contributed by atoms with van der Waals surface area (Å²) in [6, 6.07) is 2.91. The standard InChI is InChI=1S/C12H14F5N3S/c1-12(2,3)11-8-20(19-18-11)9-5-4-6-10(7-9)21(13,14,15,16)17/h4-8H,1-3H3. The monoisotopic (exact) mass is 327 g/mol. The molecule has 3 nitrogen and oxygen atoms in total. The van der Waals surface area contributed by atoms with E-state index in [-0.39, 0.29) is 11.1 Å². The molecule has 0 bridgehead atoms. The largest absolute Gasteiger partial charge is 0.310 e. The van der Waals surface area contributed by atoms with E-state index >= 15 is 0 Å². The Morgan fingerprint density at radius 2 is 1.67 bits per heavy atom. The topological polar surface area (TPSA) is 30.7 Å². The van der Waals surface area contributed by atoms with Crippen LogP contribution in [0.5, 0.6) is 0 Å². The fourth-order valence-corrected chi connectivity index (χ4v) is 2.28. The molecular formula is C12H14F5N3S. The van der Waals surface area contributed by atoms with E-state index in [1.54, 1.807) is 0 Å². The normalized spacial score (nSPS) is 16.4. The van der Waals surface area contributed by atoms with Crippen LogP contribution in [-0.2, 0) is 5.41 Å². The molecule has 0 N–H and O–H groups in total. The molecule has 118 valence electrons. The van der Waals surface area contributed by atoms with Gasteiger partial charge in [0.05, 0.1) is 17.6 Å². The van der Waals surface area contributed by atoms with Gasteiger partial charge in [-0.2, -0.15) is 0 Å². The molecule has 0 unspecified atom stereocenters. The summed E-state index contributed by atoms with van der Waals surface area (Å²) in [5, 5.41) is 7.53. The molecule has 1 aromatic heterocycles. The zero-order valence-corrected chi connectivity index (χ0v) is 12.3. The molecule has 0 radical (unpaired) electrons. The first-order valence-electron chi connectivity index (χ1n) is 5.94. The third-order valence-electron chi connectivity index (χ3n) is 2.79. The van der Waals surface area contributed by atoms with Gasteiger partial charge in [0.1, 0.15) is 4.90 Å². The summed E-state index contributed by atoms with van der Waals surface area (Å²) in [6.07, 6.45) is 1.42. The van der Waals surface area contributed by atoms with E-state index in [0.29, 0.717) is 17.8 Å². The fourth-order valence-electron chi connectivity index (χ4n) is 1.60. The zero-order valence-electron chi connectivity index (χ0n) is 11.5. The zero-order chi connectivity index (χ0) is 16.2. The summed E-state index contributed by atoms with van der Waals surface area (Å²) in [5.41, 5.74) is 0.0691. The van der Waals surface area contributed by atoms with Gasteiger partial charge in [0.15, 0.2) is 0 Å². The van der Waals surface area contributed by atoms with Crippen LogP contribution in [0.25, 0.3) is 5.69 Å². The number of aromatic nitrogens is 3. The lowest BCUT2D eigenvalue weighted by molar-refractivity contribution is 0.364. The number of halogens is 5. The summed E-state index contributed by atoms with van der Waals surface area (Å²) in [7, 11) is -9.70. The third kappa shape index (κ3) is 3.52. The molecule has 0 aliphatic rings. The number of hydrogen-bond donors (Lipinski definition) is 0. The Balaban J connectivity index is 2.51. The van der Waals surface area contributed by atoms with Crippen molar-refractivity contribution in [1.29, 1.82) is 0 Å². The molecule has 0 aliphatic heterocycles. The van der Waals surface area contributed by atoms with Crippen LogP contribution in [0.1, 0.15) is 26.5 Å². The smallest absolute Gasteiger partial charge is 0.220 e. The van der Waals surface area contributed by atoms with E-state index in [0.717, 1.165) is 10.7 Å². The lowest BCUT2D eigenvalue weighted by Gasteiger charge is -2.40. The van der Waals surface area contributed by atoms with Crippen molar-refractivity contribution in [2.45, 2.75) is 31.1 Å². The van der Waals surface area contributed by atoms with Crippen LogP contribution in [0.15, 0.2) is 35.4 Å². The van der Waals surface area contributed by atoms with Crippen molar-refractivity contribution in [3.63, 3.8) is 0 Å². The van der Waals surface area contributed by atoms with Crippen LogP contribution in [0.2, 0.25) is 0 Å². The molecule has 9 heteroatoms. The molecule has 0 fully saturated rings. The van der Waals surface area contributed by atoms with Crippen LogP contribution in [0.3, 0.4) is 0 Å². The van der Waals surface area contributed by atoms with E-state index in [9.17, 15) is 19.4 Å².